The molecule has 0 spiro atoms. The van der Waals surface area contributed by atoms with Crippen LogP contribution in [0.2, 0.25) is 0 Å². The second-order valence-electron chi connectivity index (χ2n) is 7.52. The molecule has 2 aromatic rings. The number of Topliss-reactive ketones (excluding diaryl/α,β-unsaturated/α-hetero) is 1. The van der Waals surface area contributed by atoms with Gasteiger partial charge in [-0.15, -0.1) is 0 Å². The molecule has 0 aromatic heterocycles. The summed E-state index contributed by atoms with van der Waals surface area (Å²) < 4.78 is 0. The maximum Gasteiger partial charge on any atom is 0.330 e. The first-order chi connectivity index (χ1) is 15.6. The number of nitrogens with two attached hydrogens (primary N) is 1. The molecule has 0 saturated heterocycles. The Bertz CT molecular complexity index is 1080. The number of hydrogen-bond donors (Lipinski definition) is 5. The van der Waals surface area contributed by atoms with Crippen LogP contribution >= 0.6 is 0 Å². The van der Waals surface area contributed by atoms with Crippen molar-refractivity contribution in [3.8, 4) is 5.75 Å². The number of nitrogens with zero attached hydrogens (tertiary/aromatic N) is 1. The standard InChI is InChI=1S/C23H27N5O5/c1-13-4-5-14(2)19(12-13)25-20(30)11-10-18(27-28-23(33)22(32)26-24)15(3)21(31)16-6-8-17(29)9-7-16/h4-9,12,15,29H,10-11,24H2,1-3H3,(H,25,30)(H,26,32)(H,28,33)/b27-18-/t15-/m0/s1. The van der Waals surface area contributed by atoms with Crippen molar-refractivity contribution in [2.45, 2.75) is 33.6 Å². The van der Waals surface area contributed by atoms with Gasteiger partial charge < -0.3 is 10.4 Å². The minimum atomic E-state index is -1.11. The molecule has 10 heteroatoms. The number of nitrogens with one attached hydrogen (secondary N) is 3. The summed E-state index contributed by atoms with van der Waals surface area (Å²) in [6, 6.07) is 11.4. The van der Waals surface area contributed by atoms with Crippen LogP contribution < -0.4 is 22.0 Å². The zero-order chi connectivity index (χ0) is 24.5. The predicted octanol–water partition coefficient (Wildman–Crippen LogP) is 1.71. The second kappa shape index (κ2) is 11.5. The number of carbonyl (C=O) groups excluding carboxylic acids is 4. The summed E-state index contributed by atoms with van der Waals surface area (Å²) in [7, 11) is 0. The van der Waals surface area contributed by atoms with Crippen molar-refractivity contribution < 1.29 is 24.3 Å². The normalized spacial score (nSPS) is 11.9. The summed E-state index contributed by atoms with van der Waals surface area (Å²) in [4.78, 5) is 48.5. The van der Waals surface area contributed by atoms with E-state index in [1.807, 2.05) is 32.0 Å². The Labute approximate surface area is 191 Å². The van der Waals surface area contributed by atoms with Crippen LogP contribution in [0, 0.1) is 19.8 Å². The molecular formula is C23H27N5O5. The van der Waals surface area contributed by atoms with Crippen LogP contribution in [-0.2, 0) is 14.4 Å². The summed E-state index contributed by atoms with van der Waals surface area (Å²) in [6.45, 7) is 5.36. The number of hydrogen-bond acceptors (Lipinski definition) is 7. The van der Waals surface area contributed by atoms with Gasteiger partial charge in [0.1, 0.15) is 5.75 Å². The average molecular weight is 453 g/mol. The number of rotatable bonds is 8. The molecule has 3 amide bonds. The summed E-state index contributed by atoms with van der Waals surface area (Å²) >= 11 is 0. The molecule has 174 valence electrons. The number of benzene rings is 2. The molecule has 6 N–H and O–H groups in total. The lowest BCUT2D eigenvalue weighted by Gasteiger charge is -2.15. The predicted molar refractivity (Wildman–Crippen MR) is 123 cm³/mol. The van der Waals surface area contributed by atoms with E-state index in [1.165, 1.54) is 24.3 Å². The van der Waals surface area contributed by atoms with Gasteiger partial charge in [-0.25, -0.2) is 11.3 Å². The number of anilines is 1. The molecular weight excluding hydrogens is 426 g/mol. The van der Waals surface area contributed by atoms with Crippen LogP contribution in [0.15, 0.2) is 47.6 Å². The third-order valence-corrected chi connectivity index (χ3v) is 4.96. The van der Waals surface area contributed by atoms with E-state index in [2.05, 4.69) is 15.8 Å². The molecule has 2 rings (SSSR count). The molecule has 0 radical (unpaired) electrons. The fourth-order valence-corrected chi connectivity index (χ4v) is 2.96. The maximum atomic E-state index is 12.9. The van der Waals surface area contributed by atoms with E-state index in [9.17, 15) is 24.3 Å². The highest BCUT2D eigenvalue weighted by Gasteiger charge is 2.23. The van der Waals surface area contributed by atoms with Crippen LogP contribution in [0.25, 0.3) is 0 Å². The minimum absolute atomic E-state index is 0.0104. The number of aryl methyl sites for hydroxylation is 2. The van der Waals surface area contributed by atoms with E-state index in [-0.39, 0.29) is 36.0 Å². The topological polar surface area (TPSA) is 163 Å². The van der Waals surface area contributed by atoms with Gasteiger partial charge in [-0.3, -0.25) is 24.6 Å². The fourth-order valence-electron chi connectivity index (χ4n) is 2.96. The van der Waals surface area contributed by atoms with Crippen molar-refractivity contribution in [2.24, 2.45) is 16.9 Å². The van der Waals surface area contributed by atoms with Gasteiger partial charge in [-0.1, -0.05) is 12.1 Å². The molecule has 0 aliphatic carbocycles. The molecule has 0 heterocycles. The third-order valence-electron chi connectivity index (χ3n) is 4.96. The van der Waals surface area contributed by atoms with Crippen LogP contribution in [-0.4, -0.2) is 34.3 Å². The summed E-state index contributed by atoms with van der Waals surface area (Å²) in [5.74, 6) is 1.28. The first kappa shape index (κ1) is 25.2. The Morgan fingerprint density at radius 2 is 1.67 bits per heavy atom. The molecule has 0 unspecified atom stereocenters. The van der Waals surface area contributed by atoms with Gasteiger partial charge >= 0.3 is 11.8 Å². The lowest BCUT2D eigenvalue weighted by molar-refractivity contribution is -0.139. The Morgan fingerprint density at radius 1 is 1.00 bits per heavy atom. The van der Waals surface area contributed by atoms with E-state index in [0.29, 0.717) is 11.3 Å². The number of phenols is 1. The molecule has 33 heavy (non-hydrogen) atoms. The average Bonchev–Trinajstić information content (AvgIpc) is 2.80. The smallest absolute Gasteiger partial charge is 0.330 e. The van der Waals surface area contributed by atoms with Gasteiger partial charge in [-0.2, -0.15) is 5.10 Å². The van der Waals surface area contributed by atoms with Crippen molar-refractivity contribution in [3.05, 3.63) is 59.2 Å². The number of hydrazine groups is 1. The van der Waals surface area contributed by atoms with Crippen molar-refractivity contribution >= 4 is 34.9 Å². The van der Waals surface area contributed by atoms with Gasteiger partial charge in [0.25, 0.3) is 0 Å². The minimum Gasteiger partial charge on any atom is -0.508 e. The van der Waals surface area contributed by atoms with Crippen LogP contribution in [0.3, 0.4) is 0 Å². The largest absolute Gasteiger partial charge is 0.508 e. The van der Waals surface area contributed by atoms with Gasteiger partial charge in [0.2, 0.25) is 5.91 Å². The van der Waals surface area contributed by atoms with E-state index < -0.39 is 17.7 Å². The van der Waals surface area contributed by atoms with Crippen molar-refractivity contribution in [1.82, 2.24) is 10.9 Å². The molecule has 0 aliphatic heterocycles. The lowest BCUT2D eigenvalue weighted by atomic mass is 9.92. The first-order valence-corrected chi connectivity index (χ1v) is 10.2. The van der Waals surface area contributed by atoms with Crippen LogP contribution in [0.4, 0.5) is 5.69 Å². The Hall–Kier alpha value is -4.05. The van der Waals surface area contributed by atoms with E-state index in [1.54, 1.807) is 12.3 Å². The van der Waals surface area contributed by atoms with Crippen molar-refractivity contribution in [1.29, 1.82) is 0 Å². The fraction of sp³-hybridized carbons (Fsp3) is 0.261. The summed E-state index contributed by atoms with van der Waals surface area (Å²) in [5, 5.41) is 16.2. The molecule has 0 aliphatic rings. The number of ketones is 1. The maximum absolute atomic E-state index is 12.9. The van der Waals surface area contributed by atoms with Gasteiger partial charge in [-0.05, 0) is 68.7 Å². The van der Waals surface area contributed by atoms with Crippen LogP contribution in [0.5, 0.6) is 5.75 Å². The number of hydrazone groups is 1. The zero-order valence-electron chi connectivity index (χ0n) is 18.6. The van der Waals surface area contributed by atoms with Gasteiger partial charge in [0.15, 0.2) is 5.78 Å². The van der Waals surface area contributed by atoms with Gasteiger partial charge in [0.05, 0.1) is 5.92 Å². The van der Waals surface area contributed by atoms with Crippen molar-refractivity contribution in [2.75, 3.05) is 5.32 Å². The first-order valence-electron chi connectivity index (χ1n) is 10.2. The summed E-state index contributed by atoms with van der Waals surface area (Å²) in [6.07, 6.45) is 0.0323. The number of aromatic hydroxyl groups is 1. The number of carbonyl (C=O) groups is 4. The quantitative estimate of drug-likeness (QED) is 0.102. The highest BCUT2D eigenvalue weighted by atomic mass is 16.3. The molecule has 1 atom stereocenters. The van der Waals surface area contributed by atoms with E-state index in [4.69, 9.17) is 5.84 Å². The van der Waals surface area contributed by atoms with Gasteiger partial charge in [0, 0.05) is 23.4 Å². The molecule has 10 nitrogen and oxygen atoms in total. The molecule has 0 saturated carbocycles. The monoisotopic (exact) mass is 453 g/mol. The van der Waals surface area contributed by atoms with Crippen molar-refractivity contribution in [3.63, 3.8) is 0 Å². The Morgan fingerprint density at radius 3 is 2.30 bits per heavy atom. The highest BCUT2D eigenvalue weighted by molar-refractivity contribution is 6.35. The third kappa shape index (κ3) is 7.25. The molecule has 0 bridgehead atoms. The van der Waals surface area contributed by atoms with Crippen LogP contribution in [0.1, 0.15) is 41.3 Å². The van der Waals surface area contributed by atoms with E-state index in [0.717, 1.165) is 11.1 Å². The zero-order valence-corrected chi connectivity index (χ0v) is 18.6. The molecule has 0 fully saturated rings. The second-order valence-corrected chi connectivity index (χ2v) is 7.52. The van der Waals surface area contributed by atoms with E-state index >= 15 is 0 Å². The Balaban J connectivity index is 2.17. The summed E-state index contributed by atoms with van der Waals surface area (Å²) in [5.41, 5.74) is 6.83. The lowest BCUT2D eigenvalue weighted by Crippen LogP contribution is -2.42. The number of phenolic OH excluding ortho intramolecular Hbond substituents is 1. The Kier molecular flexibility index (Phi) is 8.81. The SMILES string of the molecule is Cc1ccc(C)c(NC(=O)CC/C(=N/NC(=O)C(=O)NN)[C@H](C)C(=O)c2ccc(O)cc2)c1. The molecule has 2 aromatic carbocycles. The number of amides is 3. The highest BCUT2D eigenvalue weighted by Crippen LogP contribution is 2.19.